The van der Waals surface area contributed by atoms with E-state index in [0.29, 0.717) is 17.9 Å². The van der Waals surface area contributed by atoms with Crippen molar-refractivity contribution in [2.75, 3.05) is 7.11 Å². The average molecular weight is 279 g/mol. The summed E-state index contributed by atoms with van der Waals surface area (Å²) in [6.45, 7) is 5.51. The third-order valence-corrected chi connectivity index (χ3v) is 3.13. The highest BCUT2D eigenvalue weighted by molar-refractivity contribution is 5.94. The Labute approximate surface area is 118 Å². The van der Waals surface area contributed by atoms with Crippen LogP contribution in [0.15, 0.2) is 18.2 Å². The molecular formula is C15H21NO4. The smallest absolute Gasteiger partial charge is 0.320 e. The number of methoxy groups -OCH3 is 1. The number of carbonyl (C=O) groups is 2. The summed E-state index contributed by atoms with van der Waals surface area (Å²) in [5, 5.41) is 12.1. The van der Waals surface area contributed by atoms with Gasteiger partial charge in [-0.1, -0.05) is 13.8 Å². The van der Waals surface area contributed by atoms with Crippen molar-refractivity contribution < 1.29 is 19.4 Å². The van der Waals surface area contributed by atoms with Crippen LogP contribution in [-0.4, -0.2) is 30.0 Å². The molecule has 0 fully saturated rings. The highest BCUT2D eigenvalue weighted by Crippen LogP contribution is 2.20. The van der Waals surface area contributed by atoms with Gasteiger partial charge < -0.3 is 9.84 Å². The zero-order valence-corrected chi connectivity index (χ0v) is 12.3. The van der Waals surface area contributed by atoms with Crippen LogP contribution in [0.2, 0.25) is 0 Å². The third kappa shape index (κ3) is 4.06. The molecule has 0 radical (unpaired) electrons. The van der Waals surface area contributed by atoms with Gasteiger partial charge in [-0.05, 0) is 31.0 Å². The molecule has 0 aliphatic heterocycles. The summed E-state index contributed by atoms with van der Waals surface area (Å²) in [6.07, 6.45) is 0. The van der Waals surface area contributed by atoms with E-state index in [1.807, 2.05) is 13.8 Å². The van der Waals surface area contributed by atoms with Crippen molar-refractivity contribution in [3.05, 3.63) is 29.3 Å². The van der Waals surface area contributed by atoms with Crippen LogP contribution in [0.25, 0.3) is 0 Å². The molecule has 2 N–H and O–H groups in total. The van der Waals surface area contributed by atoms with Crippen LogP contribution in [0.1, 0.15) is 36.7 Å². The van der Waals surface area contributed by atoms with Gasteiger partial charge in [0, 0.05) is 17.7 Å². The summed E-state index contributed by atoms with van der Waals surface area (Å²) in [4.78, 5) is 22.5. The quantitative estimate of drug-likeness (QED) is 0.747. The van der Waals surface area contributed by atoms with Crippen molar-refractivity contribution in [2.24, 2.45) is 5.92 Å². The summed E-state index contributed by atoms with van der Waals surface area (Å²) >= 11 is 0. The van der Waals surface area contributed by atoms with Crippen molar-refractivity contribution in [3.63, 3.8) is 0 Å². The predicted molar refractivity (Wildman–Crippen MR) is 76.1 cm³/mol. The number of carboxylic acids is 1. The first-order valence-corrected chi connectivity index (χ1v) is 6.50. The Morgan fingerprint density at radius 1 is 1.35 bits per heavy atom. The number of ether oxygens (including phenoxy) is 1. The zero-order valence-electron chi connectivity index (χ0n) is 12.3. The average Bonchev–Trinajstić information content (AvgIpc) is 2.37. The number of rotatable bonds is 7. The van der Waals surface area contributed by atoms with Crippen molar-refractivity contribution >= 4 is 11.8 Å². The minimum absolute atomic E-state index is 0.0329. The van der Waals surface area contributed by atoms with Crippen LogP contribution in [0.4, 0.5) is 0 Å². The molecule has 1 aromatic carbocycles. The molecule has 0 aliphatic rings. The zero-order chi connectivity index (χ0) is 15.3. The lowest BCUT2D eigenvalue weighted by Crippen LogP contribution is -2.40. The fraction of sp³-hybridized carbons (Fsp3) is 0.467. The molecule has 110 valence electrons. The molecule has 5 heteroatoms. The molecule has 0 spiro atoms. The molecule has 0 amide bonds. The Hall–Kier alpha value is -1.88. The molecule has 20 heavy (non-hydrogen) atoms. The molecule has 0 heterocycles. The number of benzene rings is 1. The van der Waals surface area contributed by atoms with Crippen molar-refractivity contribution in [1.82, 2.24) is 5.32 Å². The molecule has 0 aromatic heterocycles. The number of nitrogens with one attached hydrogen (secondary N) is 1. The highest BCUT2D eigenvalue weighted by Gasteiger charge is 2.21. The van der Waals surface area contributed by atoms with Crippen molar-refractivity contribution in [3.8, 4) is 5.75 Å². The number of aliphatic carboxylic acids is 1. The van der Waals surface area contributed by atoms with Crippen LogP contribution in [-0.2, 0) is 11.3 Å². The molecule has 0 saturated carbocycles. The summed E-state index contributed by atoms with van der Waals surface area (Å²) in [5.74, 6) is -0.320. The first-order valence-electron chi connectivity index (χ1n) is 6.50. The first-order chi connectivity index (χ1) is 9.36. The van der Waals surface area contributed by atoms with Gasteiger partial charge in [0.1, 0.15) is 11.8 Å². The second-order valence-corrected chi connectivity index (χ2v) is 5.02. The molecule has 5 nitrogen and oxygen atoms in total. The number of hydrogen-bond acceptors (Lipinski definition) is 4. The van der Waals surface area contributed by atoms with E-state index >= 15 is 0 Å². The Morgan fingerprint density at radius 3 is 2.45 bits per heavy atom. The van der Waals surface area contributed by atoms with Gasteiger partial charge in [-0.3, -0.25) is 14.9 Å². The fourth-order valence-corrected chi connectivity index (χ4v) is 1.96. The molecule has 0 saturated heterocycles. The molecule has 1 atom stereocenters. The Balaban J connectivity index is 2.92. The van der Waals surface area contributed by atoms with Gasteiger partial charge in [0.2, 0.25) is 0 Å². The monoisotopic (exact) mass is 279 g/mol. The molecular weight excluding hydrogens is 258 g/mol. The maximum Gasteiger partial charge on any atom is 0.320 e. The van der Waals surface area contributed by atoms with Crippen LogP contribution < -0.4 is 10.1 Å². The summed E-state index contributed by atoms with van der Waals surface area (Å²) < 4.78 is 5.23. The lowest BCUT2D eigenvalue weighted by atomic mass is 10.0. The molecule has 1 rings (SSSR count). The van der Waals surface area contributed by atoms with E-state index in [0.717, 1.165) is 5.56 Å². The van der Waals surface area contributed by atoms with E-state index in [-0.39, 0.29) is 11.7 Å². The van der Waals surface area contributed by atoms with Gasteiger partial charge in [0.25, 0.3) is 0 Å². The topological polar surface area (TPSA) is 75.6 Å². The Bertz CT molecular complexity index is 497. The maximum atomic E-state index is 11.4. The van der Waals surface area contributed by atoms with E-state index in [2.05, 4.69) is 5.32 Å². The van der Waals surface area contributed by atoms with Crippen LogP contribution in [0.3, 0.4) is 0 Å². The van der Waals surface area contributed by atoms with E-state index in [4.69, 9.17) is 9.84 Å². The summed E-state index contributed by atoms with van der Waals surface area (Å²) in [6, 6.07) is 4.51. The van der Waals surface area contributed by atoms with Gasteiger partial charge in [0.15, 0.2) is 5.78 Å². The minimum atomic E-state index is -0.887. The third-order valence-electron chi connectivity index (χ3n) is 3.13. The van der Waals surface area contributed by atoms with E-state index < -0.39 is 12.0 Å². The SMILES string of the molecule is COc1ccc(C(C)=O)cc1CNC(C(=O)O)C(C)C. The standard InChI is InChI=1S/C15H21NO4/c1-9(2)14(15(18)19)16-8-12-7-11(10(3)17)5-6-13(12)20-4/h5-7,9,14,16H,8H2,1-4H3,(H,18,19). The molecule has 0 bridgehead atoms. The summed E-state index contributed by atoms with van der Waals surface area (Å²) in [7, 11) is 1.55. The highest BCUT2D eigenvalue weighted by atomic mass is 16.5. The number of carboxylic acid groups (broad SMARTS) is 1. The van der Waals surface area contributed by atoms with Crippen molar-refractivity contribution in [1.29, 1.82) is 0 Å². The van der Waals surface area contributed by atoms with E-state index in [9.17, 15) is 9.59 Å². The summed E-state index contributed by atoms with van der Waals surface area (Å²) in [5.41, 5.74) is 1.35. The maximum absolute atomic E-state index is 11.4. The van der Waals surface area contributed by atoms with Crippen LogP contribution >= 0.6 is 0 Å². The lowest BCUT2D eigenvalue weighted by molar-refractivity contribution is -0.140. The van der Waals surface area contributed by atoms with E-state index in [1.54, 1.807) is 25.3 Å². The van der Waals surface area contributed by atoms with Crippen LogP contribution in [0.5, 0.6) is 5.75 Å². The van der Waals surface area contributed by atoms with Gasteiger partial charge in [-0.2, -0.15) is 0 Å². The lowest BCUT2D eigenvalue weighted by Gasteiger charge is -2.19. The normalized spacial score (nSPS) is 12.2. The first kappa shape index (κ1) is 16.2. The van der Waals surface area contributed by atoms with E-state index in [1.165, 1.54) is 6.92 Å². The molecule has 1 unspecified atom stereocenters. The Morgan fingerprint density at radius 2 is 2.00 bits per heavy atom. The van der Waals surface area contributed by atoms with Gasteiger partial charge in [0.05, 0.1) is 7.11 Å². The number of Topliss-reactive ketones (excluding diaryl/α,β-unsaturated/α-hetero) is 1. The number of ketones is 1. The molecule has 0 aliphatic carbocycles. The fourth-order valence-electron chi connectivity index (χ4n) is 1.96. The minimum Gasteiger partial charge on any atom is -0.496 e. The molecule has 1 aromatic rings. The van der Waals surface area contributed by atoms with Crippen LogP contribution in [0, 0.1) is 5.92 Å². The van der Waals surface area contributed by atoms with Gasteiger partial charge >= 0.3 is 5.97 Å². The largest absolute Gasteiger partial charge is 0.496 e. The number of hydrogen-bond donors (Lipinski definition) is 2. The van der Waals surface area contributed by atoms with Crippen molar-refractivity contribution in [2.45, 2.75) is 33.4 Å². The Kier molecular flexibility index (Phi) is 5.70. The van der Waals surface area contributed by atoms with Gasteiger partial charge in [-0.15, -0.1) is 0 Å². The second kappa shape index (κ2) is 7.05. The second-order valence-electron chi connectivity index (χ2n) is 5.02. The van der Waals surface area contributed by atoms with Gasteiger partial charge in [-0.25, -0.2) is 0 Å². The predicted octanol–water partition coefficient (Wildman–Crippen LogP) is 2.10. The number of carbonyl (C=O) groups excluding carboxylic acids is 1.